The average Bonchev–Trinajstić information content (AvgIpc) is 2.64. The zero-order chi connectivity index (χ0) is 19.6. The Balaban J connectivity index is 1.84. The van der Waals surface area contributed by atoms with Gasteiger partial charge in [0.2, 0.25) is 0 Å². The van der Waals surface area contributed by atoms with Crippen molar-refractivity contribution in [3.8, 4) is 0 Å². The highest BCUT2D eigenvalue weighted by Gasteiger charge is 2.42. The smallest absolute Gasteiger partial charge is 0.349 e. The summed E-state index contributed by atoms with van der Waals surface area (Å²) in [6, 6.07) is 1.87. The third-order valence-electron chi connectivity index (χ3n) is 6.30. The highest BCUT2D eigenvalue weighted by molar-refractivity contribution is 5.95. The molecule has 6 nitrogen and oxygen atoms in total. The highest BCUT2D eigenvalue weighted by Crippen LogP contribution is 2.31. The molecule has 0 saturated carbocycles. The first kappa shape index (κ1) is 20.1. The summed E-state index contributed by atoms with van der Waals surface area (Å²) in [6.07, 6.45) is 3.80. The Bertz CT molecular complexity index is 736. The van der Waals surface area contributed by atoms with Gasteiger partial charge < -0.3 is 14.1 Å². The topological polar surface area (TPSA) is 63.0 Å². The predicted octanol–water partition coefficient (Wildman–Crippen LogP) is 2.79. The van der Waals surface area contributed by atoms with Crippen molar-refractivity contribution < 1.29 is 13.9 Å². The van der Waals surface area contributed by atoms with Crippen molar-refractivity contribution in [2.75, 3.05) is 39.9 Å². The summed E-state index contributed by atoms with van der Waals surface area (Å²) in [5, 5.41) is 0. The third kappa shape index (κ3) is 3.97. The number of piperazine rings is 1. The number of rotatable bonds is 4. The SMILES string of the molecule is CCCC(C)c1cc(C)c(C(=O)N2CCN(C)C3(CCOCC3)C2)c(=O)o1. The van der Waals surface area contributed by atoms with Crippen molar-refractivity contribution >= 4 is 5.91 Å². The molecule has 1 aromatic heterocycles. The van der Waals surface area contributed by atoms with Crippen LogP contribution in [0.2, 0.25) is 0 Å². The first-order valence-electron chi connectivity index (χ1n) is 10.1. The Morgan fingerprint density at radius 3 is 2.63 bits per heavy atom. The molecule has 2 aliphatic rings. The molecule has 1 aromatic rings. The first-order chi connectivity index (χ1) is 12.9. The second-order valence-corrected chi connectivity index (χ2v) is 8.17. The zero-order valence-corrected chi connectivity index (χ0v) is 17.0. The minimum absolute atomic E-state index is 0.0458. The number of carbonyl (C=O) groups excluding carboxylic acids is 1. The molecule has 2 fully saturated rings. The lowest BCUT2D eigenvalue weighted by Crippen LogP contribution is -2.64. The molecule has 1 spiro atoms. The number of nitrogens with zero attached hydrogens (tertiary/aromatic N) is 2. The first-order valence-corrected chi connectivity index (χ1v) is 10.1. The van der Waals surface area contributed by atoms with E-state index in [0.29, 0.717) is 24.4 Å². The van der Waals surface area contributed by atoms with Crippen LogP contribution in [0.4, 0.5) is 0 Å². The maximum absolute atomic E-state index is 13.2. The Morgan fingerprint density at radius 1 is 1.30 bits per heavy atom. The fourth-order valence-corrected chi connectivity index (χ4v) is 4.39. The Labute approximate surface area is 161 Å². The monoisotopic (exact) mass is 376 g/mol. The maximum Gasteiger partial charge on any atom is 0.349 e. The lowest BCUT2D eigenvalue weighted by atomic mass is 9.85. The molecule has 0 N–H and O–H groups in total. The van der Waals surface area contributed by atoms with E-state index in [1.165, 1.54) is 0 Å². The van der Waals surface area contributed by atoms with Crippen molar-refractivity contribution in [1.82, 2.24) is 9.80 Å². The number of ether oxygens (including phenoxy) is 1. The minimum Gasteiger partial charge on any atom is -0.427 e. The van der Waals surface area contributed by atoms with Crippen LogP contribution in [0.1, 0.15) is 67.1 Å². The Hall–Kier alpha value is -1.66. The van der Waals surface area contributed by atoms with Crippen LogP contribution in [0.15, 0.2) is 15.3 Å². The number of carbonyl (C=O) groups is 1. The molecular weight excluding hydrogens is 344 g/mol. The molecule has 0 bridgehead atoms. The summed E-state index contributed by atoms with van der Waals surface area (Å²) in [7, 11) is 2.12. The second-order valence-electron chi connectivity index (χ2n) is 8.17. The molecule has 150 valence electrons. The molecule has 2 aliphatic heterocycles. The van der Waals surface area contributed by atoms with Crippen LogP contribution >= 0.6 is 0 Å². The van der Waals surface area contributed by atoms with E-state index in [-0.39, 0.29) is 22.9 Å². The van der Waals surface area contributed by atoms with Crippen LogP contribution in [-0.4, -0.2) is 61.1 Å². The van der Waals surface area contributed by atoms with Crippen LogP contribution in [-0.2, 0) is 4.74 Å². The predicted molar refractivity (Wildman–Crippen MR) is 104 cm³/mol. The summed E-state index contributed by atoms with van der Waals surface area (Å²) in [5.74, 6) is 0.657. The lowest BCUT2D eigenvalue weighted by Gasteiger charge is -2.51. The van der Waals surface area contributed by atoms with Crippen molar-refractivity contribution in [3.05, 3.63) is 33.4 Å². The highest BCUT2D eigenvalue weighted by atomic mass is 16.5. The molecule has 2 saturated heterocycles. The van der Waals surface area contributed by atoms with Crippen LogP contribution in [0.5, 0.6) is 0 Å². The van der Waals surface area contributed by atoms with Gasteiger partial charge in [-0.05, 0) is 44.9 Å². The van der Waals surface area contributed by atoms with Crippen molar-refractivity contribution in [1.29, 1.82) is 0 Å². The minimum atomic E-state index is -0.502. The normalized spacial score (nSPS) is 21.4. The van der Waals surface area contributed by atoms with Gasteiger partial charge in [0.15, 0.2) is 0 Å². The average molecular weight is 376 g/mol. The van der Waals surface area contributed by atoms with Crippen LogP contribution < -0.4 is 5.63 Å². The summed E-state index contributed by atoms with van der Waals surface area (Å²) in [4.78, 5) is 30.0. The maximum atomic E-state index is 13.2. The quantitative estimate of drug-likeness (QED) is 0.809. The van der Waals surface area contributed by atoms with Gasteiger partial charge in [-0.25, -0.2) is 4.79 Å². The summed E-state index contributed by atoms with van der Waals surface area (Å²) in [5.41, 5.74) is 0.358. The zero-order valence-electron chi connectivity index (χ0n) is 17.0. The molecule has 27 heavy (non-hydrogen) atoms. The van der Waals surface area contributed by atoms with Crippen molar-refractivity contribution in [3.63, 3.8) is 0 Å². The van der Waals surface area contributed by atoms with E-state index in [4.69, 9.17) is 9.15 Å². The van der Waals surface area contributed by atoms with Gasteiger partial charge in [0.05, 0.1) is 0 Å². The molecule has 1 atom stereocenters. The molecule has 1 unspecified atom stereocenters. The van der Waals surface area contributed by atoms with E-state index in [9.17, 15) is 9.59 Å². The number of hydrogen-bond acceptors (Lipinski definition) is 5. The molecule has 0 radical (unpaired) electrons. The van der Waals surface area contributed by atoms with Crippen LogP contribution in [0.25, 0.3) is 0 Å². The van der Waals surface area contributed by atoms with Crippen LogP contribution in [0, 0.1) is 6.92 Å². The Kier molecular flexibility index (Phi) is 6.06. The molecule has 0 aliphatic carbocycles. The Morgan fingerprint density at radius 2 is 2.00 bits per heavy atom. The summed E-state index contributed by atoms with van der Waals surface area (Å²) < 4.78 is 11.1. The van der Waals surface area contributed by atoms with Gasteiger partial charge in [-0.1, -0.05) is 20.3 Å². The molecule has 6 heteroatoms. The second kappa shape index (κ2) is 8.15. The standard InChI is InChI=1S/C21H32N2O4/c1-5-6-15(2)17-13-16(3)18(20(25)27-17)19(24)23-10-9-22(4)21(14-23)7-11-26-12-8-21/h13,15H,5-12,14H2,1-4H3. The van der Waals surface area contributed by atoms with E-state index >= 15 is 0 Å². The van der Waals surface area contributed by atoms with Gasteiger partial charge in [-0.2, -0.15) is 0 Å². The van der Waals surface area contributed by atoms with Gasteiger partial charge in [0.1, 0.15) is 11.3 Å². The molecule has 1 amide bonds. The van der Waals surface area contributed by atoms with Gasteiger partial charge in [0.25, 0.3) is 5.91 Å². The van der Waals surface area contributed by atoms with E-state index in [1.54, 1.807) is 0 Å². The van der Waals surface area contributed by atoms with Gasteiger partial charge in [0, 0.05) is 44.3 Å². The largest absolute Gasteiger partial charge is 0.427 e. The molecule has 0 aromatic carbocycles. The lowest BCUT2D eigenvalue weighted by molar-refractivity contribution is -0.0544. The fraction of sp³-hybridized carbons (Fsp3) is 0.714. The van der Waals surface area contributed by atoms with Gasteiger partial charge >= 0.3 is 5.63 Å². The summed E-state index contributed by atoms with van der Waals surface area (Å²) >= 11 is 0. The number of likely N-dealkylation sites (N-methyl/N-ethyl adjacent to an activating group) is 1. The van der Waals surface area contributed by atoms with E-state index in [2.05, 4.69) is 25.8 Å². The number of hydrogen-bond donors (Lipinski definition) is 0. The van der Waals surface area contributed by atoms with E-state index in [0.717, 1.165) is 45.4 Å². The van der Waals surface area contributed by atoms with E-state index < -0.39 is 5.63 Å². The number of aryl methyl sites for hydroxylation is 1. The van der Waals surface area contributed by atoms with Gasteiger partial charge in [-0.3, -0.25) is 9.69 Å². The van der Waals surface area contributed by atoms with Crippen molar-refractivity contribution in [2.45, 2.75) is 57.9 Å². The molecule has 3 rings (SSSR count). The molecular formula is C21H32N2O4. The third-order valence-corrected chi connectivity index (χ3v) is 6.30. The summed E-state index contributed by atoms with van der Waals surface area (Å²) in [6.45, 7) is 9.52. The van der Waals surface area contributed by atoms with Gasteiger partial charge in [-0.15, -0.1) is 0 Å². The van der Waals surface area contributed by atoms with Crippen molar-refractivity contribution in [2.24, 2.45) is 0 Å². The number of amides is 1. The van der Waals surface area contributed by atoms with Crippen LogP contribution in [0.3, 0.4) is 0 Å². The molecule has 3 heterocycles. The van der Waals surface area contributed by atoms with E-state index in [1.807, 2.05) is 17.9 Å². The fourth-order valence-electron chi connectivity index (χ4n) is 4.39.